The van der Waals surface area contributed by atoms with Crippen LogP contribution in [0.2, 0.25) is 0 Å². The molecule has 0 radical (unpaired) electrons. The summed E-state index contributed by atoms with van der Waals surface area (Å²) in [7, 11) is 1.71. The lowest BCUT2D eigenvalue weighted by Gasteiger charge is -2.12. The van der Waals surface area contributed by atoms with Gasteiger partial charge in [-0.3, -0.25) is 4.79 Å². The summed E-state index contributed by atoms with van der Waals surface area (Å²) in [5.41, 5.74) is 1.51. The molecular formula is C14H17N5O3S3. The van der Waals surface area contributed by atoms with Crippen molar-refractivity contribution < 1.29 is 14.3 Å². The molecule has 8 nitrogen and oxygen atoms in total. The summed E-state index contributed by atoms with van der Waals surface area (Å²) in [6.45, 7) is 2.08. The van der Waals surface area contributed by atoms with Crippen LogP contribution in [-0.4, -0.2) is 50.2 Å². The fraction of sp³-hybridized carbons (Fsp3) is 0.500. The molecule has 0 bridgehead atoms. The fourth-order valence-corrected chi connectivity index (χ4v) is 5.57. The molecule has 25 heavy (non-hydrogen) atoms. The second-order valence-corrected chi connectivity index (χ2v) is 8.49. The van der Waals surface area contributed by atoms with E-state index in [1.807, 2.05) is 0 Å². The average molecular weight is 400 g/mol. The number of aryl methyl sites for hydroxylation is 1. The normalized spacial score (nSPS) is 13.4. The van der Waals surface area contributed by atoms with E-state index < -0.39 is 0 Å². The molecule has 1 N–H and O–H groups in total. The number of nitrogens with zero attached hydrogens (tertiary/aromatic N) is 4. The van der Waals surface area contributed by atoms with E-state index in [0.29, 0.717) is 22.3 Å². The standard InChI is InChI=1S/C14H17N5O3S3/c1-3-22-12(21)10-8-5-4-6-23-13(8)25-11(10)15-9(20)7-24-14-16-17-18-19(14)2/h3-7H2,1-2H3,(H,15,20). The maximum Gasteiger partial charge on any atom is 0.341 e. The number of tetrazole rings is 1. The van der Waals surface area contributed by atoms with Crippen molar-refractivity contribution in [1.82, 2.24) is 20.2 Å². The largest absolute Gasteiger partial charge is 0.462 e. The lowest BCUT2D eigenvalue weighted by Crippen LogP contribution is -2.17. The van der Waals surface area contributed by atoms with E-state index in [2.05, 4.69) is 20.8 Å². The number of thioether (sulfide) groups is 2. The van der Waals surface area contributed by atoms with Gasteiger partial charge in [0.15, 0.2) is 0 Å². The molecule has 1 amide bonds. The maximum atomic E-state index is 12.4. The quantitative estimate of drug-likeness (QED) is 0.583. The molecule has 134 valence electrons. The van der Waals surface area contributed by atoms with Crippen molar-refractivity contribution in [3.63, 3.8) is 0 Å². The smallest absolute Gasteiger partial charge is 0.341 e. The Kier molecular flexibility index (Phi) is 5.97. The van der Waals surface area contributed by atoms with Gasteiger partial charge in [-0.1, -0.05) is 11.8 Å². The lowest BCUT2D eigenvalue weighted by molar-refractivity contribution is -0.113. The van der Waals surface area contributed by atoms with E-state index in [0.717, 1.165) is 28.4 Å². The molecule has 1 aliphatic heterocycles. The van der Waals surface area contributed by atoms with Gasteiger partial charge in [-0.05, 0) is 41.5 Å². The first-order valence-electron chi connectivity index (χ1n) is 7.70. The Morgan fingerprint density at radius 1 is 1.44 bits per heavy atom. The maximum absolute atomic E-state index is 12.4. The molecule has 3 heterocycles. The molecule has 11 heteroatoms. The number of amides is 1. The minimum Gasteiger partial charge on any atom is -0.462 e. The van der Waals surface area contributed by atoms with Crippen LogP contribution in [0.4, 0.5) is 5.00 Å². The number of esters is 1. The Morgan fingerprint density at radius 3 is 3.00 bits per heavy atom. The summed E-state index contributed by atoms with van der Waals surface area (Å²) in [6, 6.07) is 0. The van der Waals surface area contributed by atoms with Crippen LogP contribution in [0.25, 0.3) is 0 Å². The van der Waals surface area contributed by atoms with Crippen molar-refractivity contribution >= 4 is 51.7 Å². The molecule has 0 spiro atoms. The number of carbonyl (C=O) groups excluding carboxylic acids is 2. The van der Waals surface area contributed by atoms with Crippen molar-refractivity contribution in [3.8, 4) is 0 Å². The molecule has 3 rings (SSSR count). The summed E-state index contributed by atoms with van der Waals surface area (Å²) in [6.07, 6.45) is 1.85. The van der Waals surface area contributed by atoms with Crippen LogP contribution in [0.1, 0.15) is 29.3 Å². The summed E-state index contributed by atoms with van der Waals surface area (Å²) in [5, 5.41) is 15.1. The van der Waals surface area contributed by atoms with Gasteiger partial charge in [0.25, 0.3) is 0 Å². The molecule has 1 aliphatic rings. The van der Waals surface area contributed by atoms with Gasteiger partial charge >= 0.3 is 5.97 Å². The second kappa shape index (κ2) is 8.19. The summed E-state index contributed by atoms with van der Waals surface area (Å²) < 4.78 is 7.78. The molecule has 0 atom stereocenters. The van der Waals surface area contributed by atoms with E-state index in [1.165, 1.54) is 27.8 Å². The number of ether oxygens (including phenoxy) is 1. The van der Waals surface area contributed by atoms with Crippen molar-refractivity contribution in [2.45, 2.75) is 29.1 Å². The third kappa shape index (κ3) is 4.15. The number of aromatic nitrogens is 4. The molecular weight excluding hydrogens is 382 g/mol. The summed E-state index contributed by atoms with van der Waals surface area (Å²) in [5.74, 6) is 0.606. The lowest BCUT2D eigenvalue weighted by atomic mass is 10.1. The zero-order valence-electron chi connectivity index (χ0n) is 13.8. The topological polar surface area (TPSA) is 99.0 Å². The average Bonchev–Trinajstić information content (AvgIpc) is 3.16. The Balaban J connectivity index is 1.74. The molecule has 0 aromatic carbocycles. The van der Waals surface area contributed by atoms with Crippen molar-refractivity contribution in [2.75, 3.05) is 23.4 Å². The third-order valence-electron chi connectivity index (χ3n) is 3.42. The van der Waals surface area contributed by atoms with Crippen LogP contribution in [-0.2, 0) is 23.0 Å². The number of thiophene rings is 1. The number of fused-ring (bicyclic) bond motifs is 1. The van der Waals surface area contributed by atoms with Crippen LogP contribution in [0.5, 0.6) is 0 Å². The molecule has 0 saturated carbocycles. The van der Waals surface area contributed by atoms with Gasteiger partial charge in [-0.25, -0.2) is 9.48 Å². The molecule has 0 saturated heterocycles. The van der Waals surface area contributed by atoms with Gasteiger partial charge < -0.3 is 10.1 Å². The van der Waals surface area contributed by atoms with Crippen molar-refractivity contribution in [3.05, 3.63) is 11.1 Å². The minimum absolute atomic E-state index is 0.159. The number of hydrogen-bond donors (Lipinski definition) is 1. The number of rotatable bonds is 6. The van der Waals surface area contributed by atoms with Crippen LogP contribution in [0.3, 0.4) is 0 Å². The van der Waals surface area contributed by atoms with Gasteiger partial charge in [0.05, 0.1) is 22.1 Å². The SMILES string of the molecule is CCOC(=O)c1c(NC(=O)CSc2nnnn2C)sc2c1CCCS2. The Hall–Kier alpha value is -1.59. The first kappa shape index (κ1) is 18.2. The predicted octanol–water partition coefficient (Wildman–Crippen LogP) is 2.22. The molecule has 2 aromatic heterocycles. The molecule has 0 fully saturated rings. The number of nitrogens with one attached hydrogen (secondary N) is 1. The van der Waals surface area contributed by atoms with Gasteiger partial charge in [-0.15, -0.1) is 28.2 Å². The van der Waals surface area contributed by atoms with E-state index in [9.17, 15) is 9.59 Å². The highest BCUT2D eigenvalue weighted by atomic mass is 32.2. The molecule has 0 aliphatic carbocycles. The van der Waals surface area contributed by atoms with E-state index in [-0.39, 0.29) is 17.6 Å². The van der Waals surface area contributed by atoms with Crippen LogP contribution < -0.4 is 5.32 Å². The zero-order valence-corrected chi connectivity index (χ0v) is 16.2. The van der Waals surface area contributed by atoms with E-state index in [1.54, 1.807) is 25.7 Å². The minimum atomic E-state index is -0.372. The van der Waals surface area contributed by atoms with E-state index >= 15 is 0 Å². The van der Waals surface area contributed by atoms with Crippen LogP contribution in [0, 0.1) is 0 Å². The first-order chi connectivity index (χ1) is 12.1. The van der Waals surface area contributed by atoms with Gasteiger partial charge in [0.1, 0.15) is 5.00 Å². The highest BCUT2D eigenvalue weighted by molar-refractivity contribution is 8.01. The highest BCUT2D eigenvalue weighted by Crippen LogP contribution is 2.43. The fourth-order valence-electron chi connectivity index (χ4n) is 2.35. The number of carbonyl (C=O) groups is 2. The first-order valence-corrected chi connectivity index (χ1v) is 10.5. The van der Waals surface area contributed by atoms with Crippen LogP contribution >= 0.6 is 34.9 Å². The summed E-state index contributed by atoms with van der Waals surface area (Å²) in [4.78, 5) is 24.7. The Labute approximate surface area is 157 Å². The number of anilines is 1. The van der Waals surface area contributed by atoms with Gasteiger partial charge in [-0.2, -0.15) is 0 Å². The van der Waals surface area contributed by atoms with Gasteiger partial charge in [0, 0.05) is 7.05 Å². The van der Waals surface area contributed by atoms with Crippen molar-refractivity contribution in [2.24, 2.45) is 7.05 Å². The molecule has 0 unspecified atom stereocenters. The Bertz CT molecular complexity index is 789. The number of hydrogen-bond acceptors (Lipinski definition) is 9. The van der Waals surface area contributed by atoms with E-state index in [4.69, 9.17) is 4.74 Å². The second-order valence-electron chi connectivity index (χ2n) is 5.17. The van der Waals surface area contributed by atoms with Crippen molar-refractivity contribution in [1.29, 1.82) is 0 Å². The predicted molar refractivity (Wildman–Crippen MR) is 97.5 cm³/mol. The Morgan fingerprint density at radius 2 is 2.28 bits per heavy atom. The highest BCUT2D eigenvalue weighted by Gasteiger charge is 2.27. The summed E-state index contributed by atoms with van der Waals surface area (Å²) >= 11 is 4.41. The monoisotopic (exact) mass is 399 g/mol. The zero-order chi connectivity index (χ0) is 17.8. The van der Waals surface area contributed by atoms with Gasteiger partial charge in [0.2, 0.25) is 11.1 Å². The third-order valence-corrected chi connectivity index (χ3v) is 6.98. The van der Waals surface area contributed by atoms with Crippen LogP contribution in [0.15, 0.2) is 9.37 Å². The molecule has 2 aromatic rings.